The zero-order valence-corrected chi connectivity index (χ0v) is 29.8. The summed E-state index contributed by atoms with van der Waals surface area (Å²) in [5, 5.41) is 3.86. The summed E-state index contributed by atoms with van der Waals surface area (Å²) in [6, 6.07) is 33.8. The van der Waals surface area contributed by atoms with E-state index in [1.165, 1.54) is 39.9 Å². The van der Waals surface area contributed by atoms with Crippen molar-refractivity contribution >= 4 is 35.2 Å². The Morgan fingerprint density at radius 1 is 0.818 bits per heavy atom. The number of pyridine rings is 2. The summed E-state index contributed by atoms with van der Waals surface area (Å²) < 4.78 is 6.43. The van der Waals surface area contributed by atoms with Crippen LogP contribution in [-0.4, -0.2) is 18.0 Å². The molecule has 1 aliphatic carbocycles. The van der Waals surface area contributed by atoms with E-state index in [2.05, 4.69) is 100.0 Å². The average molecular weight is 773 g/mol. The second-order valence-corrected chi connectivity index (χ2v) is 18.2. The van der Waals surface area contributed by atoms with Gasteiger partial charge in [0, 0.05) is 46.0 Å². The molecule has 1 aliphatic rings. The topological polar surface area (TPSA) is 38.9 Å². The third kappa shape index (κ3) is 6.51. The zero-order valence-electron chi connectivity index (χ0n) is 26.4. The largest absolute Gasteiger partial charge is 0.501 e. The summed E-state index contributed by atoms with van der Waals surface area (Å²) >= 11 is 0. The SMILES string of the molecule is CC1CCC(C)C1c1ccnc(-c2[c-]cc([Si](C)(C)C)c3c2oc2ccccc23)c1.Cc1ccnc(-c2[c-]cccc2)c1.[Ir]. The van der Waals surface area contributed by atoms with E-state index in [0.29, 0.717) is 5.92 Å². The second kappa shape index (κ2) is 13.3. The Kier molecular flexibility index (Phi) is 9.70. The minimum absolute atomic E-state index is 0. The van der Waals surface area contributed by atoms with Crippen LogP contribution in [0.1, 0.15) is 43.7 Å². The van der Waals surface area contributed by atoms with E-state index in [9.17, 15) is 0 Å². The van der Waals surface area contributed by atoms with Crippen LogP contribution in [0.25, 0.3) is 44.5 Å². The number of hydrogen-bond acceptors (Lipinski definition) is 3. The van der Waals surface area contributed by atoms with Crippen LogP contribution < -0.4 is 5.19 Å². The van der Waals surface area contributed by atoms with Gasteiger partial charge in [0.2, 0.25) is 0 Å². The molecule has 2 unspecified atom stereocenters. The van der Waals surface area contributed by atoms with Gasteiger partial charge in [-0.2, -0.15) is 0 Å². The van der Waals surface area contributed by atoms with Gasteiger partial charge in [-0.1, -0.05) is 80.3 Å². The molecule has 0 N–H and O–H groups in total. The van der Waals surface area contributed by atoms with E-state index in [1.807, 2.05) is 48.8 Å². The van der Waals surface area contributed by atoms with Gasteiger partial charge in [0.25, 0.3) is 0 Å². The monoisotopic (exact) mass is 773 g/mol. The minimum atomic E-state index is -1.56. The molecule has 0 amide bonds. The molecule has 0 saturated heterocycles. The molecule has 1 saturated carbocycles. The van der Waals surface area contributed by atoms with E-state index >= 15 is 0 Å². The van der Waals surface area contributed by atoms with Crippen molar-refractivity contribution in [2.45, 2.75) is 59.2 Å². The third-order valence-corrected chi connectivity index (χ3v) is 10.9. The fraction of sp³-hybridized carbons (Fsp3) is 0.282. The van der Waals surface area contributed by atoms with Gasteiger partial charge in [0.15, 0.2) is 0 Å². The van der Waals surface area contributed by atoms with E-state index < -0.39 is 8.07 Å². The van der Waals surface area contributed by atoms with Crippen molar-refractivity contribution in [3.63, 3.8) is 0 Å². The number of rotatable bonds is 4. The van der Waals surface area contributed by atoms with Crippen molar-refractivity contribution in [3.05, 3.63) is 115 Å². The van der Waals surface area contributed by atoms with Crippen molar-refractivity contribution in [1.82, 2.24) is 9.97 Å². The van der Waals surface area contributed by atoms with Gasteiger partial charge < -0.3 is 14.4 Å². The first-order valence-electron chi connectivity index (χ1n) is 15.4. The van der Waals surface area contributed by atoms with Gasteiger partial charge in [0.1, 0.15) is 5.58 Å². The van der Waals surface area contributed by atoms with Crippen molar-refractivity contribution in [2.24, 2.45) is 11.8 Å². The minimum Gasteiger partial charge on any atom is -0.501 e. The first kappa shape index (κ1) is 32.0. The molecule has 3 heterocycles. The van der Waals surface area contributed by atoms with E-state index in [1.54, 1.807) is 0 Å². The zero-order chi connectivity index (χ0) is 30.1. The van der Waals surface area contributed by atoms with Gasteiger partial charge in [-0.3, -0.25) is 0 Å². The number of fused-ring (bicyclic) bond motifs is 3. The molecule has 0 spiro atoms. The van der Waals surface area contributed by atoms with Crippen LogP contribution in [0.3, 0.4) is 0 Å². The maximum atomic E-state index is 6.43. The Hall–Kier alpha value is -3.37. The van der Waals surface area contributed by atoms with Crippen molar-refractivity contribution in [2.75, 3.05) is 0 Å². The quantitative estimate of drug-likeness (QED) is 0.132. The van der Waals surface area contributed by atoms with Gasteiger partial charge in [-0.05, 0) is 72.7 Å². The van der Waals surface area contributed by atoms with Gasteiger partial charge >= 0.3 is 0 Å². The molecule has 3 aromatic carbocycles. The third-order valence-electron chi connectivity index (χ3n) is 8.89. The summed E-state index contributed by atoms with van der Waals surface area (Å²) in [5.41, 5.74) is 8.52. The van der Waals surface area contributed by atoms with Gasteiger partial charge in [-0.15, -0.1) is 53.2 Å². The number of hydrogen-bond donors (Lipinski definition) is 0. The van der Waals surface area contributed by atoms with Gasteiger partial charge in [-0.25, -0.2) is 0 Å². The van der Waals surface area contributed by atoms with Crippen LogP contribution in [-0.2, 0) is 20.1 Å². The maximum Gasteiger partial charge on any atom is 0.120 e. The first-order valence-corrected chi connectivity index (χ1v) is 18.9. The predicted molar refractivity (Wildman–Crippen MR) is 182 cm³/mol. The van der Waals surface area contributed by atoms with E-state index in [-0.39, 0.29) is 20.1 Å². The number of aromatic nitrogens is 2. The standard InChI is InChI=1S/C27H30NOSi.C12H10N.Ir/c1-17-10-11-18(2)25(17)19-14-15-28-22(16-19)20-12-13-24(30(3,4)5)26-21-8-6-7-9-23(21)29-27(20)26;1-10-7-8-13-12(9-10)11-5-3-2-4-6-11;/h6-9,13-18,25H,10-11H2,1-5H3;2-5,7-9H,1H3;/q2*-1;. The Balaban J connectivity index is 0.000000230. The van der Waals surface area contributed by atoms with Crippen molar-refractivity contribution < 1.29 is 24.5 Å². The van der Waals surface area contributed by atoms with Crippen molar-refractivity contribution in [1.29, 1.82) is 0 Å². The number of aryl methyl sites for hydroxylation is 1. The molecule has 0 bridgehead atoms. The van der Waals surface area contributed by atoms with Crippen LogP contribution >= 0.6 is 0 Å². The molecule has 6 aromatic rings. The van der Waals surface area contributed by atoms with Crippen LogP contribution in [0.4, 0.5) is 0 Å². The predicted octanol–water partition coefficient (Wildman–Crippen LogP) is 10.00. The molecule has 3 aromatic heterocycles. The molecule has 0 aliphatic heterocycles. The van der Waals surface area contributed by atoms with Crippen LogP contribution in [0, 0.1) is 30.9 Å². The fourth-order valence-corrected chi connectivity index (χ4v) is 8.19. The Morgan fingerprint density at radius 2 is 1.52 bits per heavy atom. The summed E-state index contributed by atoms with van der Waals surface area (Å²) in [6.45, 7) is 14.0. The molecule has 2 atom stereocenters. The Morgan fingerprint density at radius 3 is 2.23 bits per heavy atom. The normalized spacial score (nSPS) is 18.1. The maximum absolute atomic E-state index is 6.43. The molecule has 1 radical (unpaired) electrons. The fourth-order valence-electron chi connectivity index (χ4n) is 6.68. The second-order valence-electron chi connectivity index (χ2n) is 13.2. The molecular formula is C39H40IrN2OSi-2. The number of para-hydroxylation sites is 1. The van der Waals surface area contributed by atoms with Crippen LogP contribution in [0.15, 0.2) is 95.7 Å². The molecule has 3 nitrogen and oxygen atoms in total. The summed E-state index contributed by atoms with van der Waals surface area (Å²) in [6.07, 6.45) is 6.42. The molecular weight excluding hydrogens is 733 g/mol. The molecule has 44 heavy (non-hydrogen) atoms. The Labute approximate surface area is 276 Å². The number of benzene rings is 3. The number of furan rings is 1. The molecule has 7 rings (SSSR count). The summed E-state index contributed by atoms with van der Waals surface area (Å²) in [7, 11) is -1.56. The summed E-state index contributed by atoms with van der Waals surface area (Å²) in [4.78, 5) is 9.04. The smallest absolute Gasteiger partial charge is 0.120 e. The first-order chi connectivity index (χ1) is 20.7. The van der Waals surface area contributed by atoms with E-state index in [0.717, 1.165) is 45.5 Å². The van der Waals surface area contributed by atoms with Crippen LogP contribution in [0.5, 0.6) is 0 Å². The van der Waals surface area contributed by atoms with Crippen molar-refractivity contribution in [3.8, 4) is 22.5 Å². The Bertz CT molecular complexity index is 1860. The summed E-state index contributed by atoms with van der Waals surface area (Å²) in [5.74, 6) is 2.05. The van der Waals surface area contributed by atoms with Crippen LogP contribution in [0.2, 0.25) is 19.6 Å². The molecule has 227 valence electrons. The average Bonchev–Trinajstić information content (AvgIpc) is 3.56. The molecule has 1 fully saturated rings. The van der Waals surface area contributed by atoms with Gasteiger partial charge in [0.05, 0.1) is 5.58 Å². The molecule has 5 heteroatoms. The van der Waals surface area contributed by atoms with E-state index in [4.69, 9.17) is 9.40 Å². The number of nitrogens with zero attached hydrogens (tertiary/aromatic N) is 2.